The summed E-state index contributed by atoms with van der Waals surface area (Å²) >= 11 is 0. The molecule has 2 aromatic rings. The van der Waals surface area contributed by atoms with Crippen LogP contribution in [-0.4, -0.2) is 18.0 Å². The number of ether oxygens (including phenoxy) is 1. The topological polar surface area (TPSA) is 46.5 Å². The summed E-state index contributed by atoms with van der Waals surface area (Å²) in [5.41, 5.74) is 1.42. The van der Waals surface area contributed by atoms with Crippen molar-refractivity contribution in [3.05, 3.63) is 65.7 Å². The third-order valence-electron chi connectivity index (χ3n) is 2.61. The lowest BCUT2D eigenvalue weighted by atomic mass is 10.1. The molecule has 0 amide bonds. The molecule has 0 radical (unpaired) electrons. The molecular formula is C15H14O3. The second kappa shape index (κ2) is 5.98. The number of carbonyl (C=O) groups excluding carboxylic acids is 1. The van der Waals surface area contributed by atoms with Crippen LogP contribution in [-0.2, 0) is 0 Å². The molecule has 3 nitrogen and oxygen atoms in total. The maximum absolute atomic E-state index is 10.5. The molecule has 18 heavy (non-hydrogen) atoms. The third kappa shape index (κ3) is 3.18. The van der Waals surface area contributed by atoms with Gasteiger partial charge in [-0.1, -0.05) is 30.3 Å². The first kappa shape index (κ1) is 12.3. The fourth-order valence-electron chi connectivity index (χ4n) is 1.59. The SMILES string of the molecule is O=Cc1ccc(OCC(O)c2ccccc2)cc1. The molecule has 0 saturated heterocycles. The highest BCUT2D eigenvalue weighted by Gasteiger charge is 2.07. The van der Waals surface area contributed by atoms with Crippen LogP contribution in [0.4, 0.5) is 0 Å². The van der Waals surface area contributed by atoms with E-state index in [1.807, 2.05) is 30.3 Å². The van der Waals surface area contributed by atoms with Gasteiger partial charge in [0.15, 0.2) is 0 Å². The molecule has 1 N–H and O–H groups in total. The van der Waals surface area contributed by atoms with Crippen LogP contribution in [0.1, 0.15) is 22.0 Å². The molecular weight excluding hydrogens is 228 g/mol. The molecule has 0 heterocycles. The predicted octanol–water partition coefficient (Wildman–Crippen LogP) is 2.61. The number of aliphatic hydroxyl groups is 1. The summed E-state index contributed by atoms with van der Waals surface area (Å²) in [6.45, 7) is 0.185. The van der Waals surface area contributed by atoms with Gasteiger partial charge in [-0.2, -0.15) is 0 Å². The van der Waals surface area contributed by atoms with Gasteiger partial charge in [-0.25, -0.2) is 0 Å². The van der Waals surface area contributed by atoms with Gasteiger partial charge >= 0.3 is 0 Å². The average molecular weight is 242 g/mol. The van der Waals surface area contributed by atoms with E-state index in [2.05, 4.69) is 0 Å². The van der Waals surface area contributed by atoms with Crippen LogP contribution in [0.2, 0.25) is 0 Å². The fourth-order valence-corrected chi connectivity index (χ4v) is 1.59. The predicted molar refractivity (Wildman–Crippen MR) is 68.7 cm³/mol. The molecule has 0 aliphatic heterocycles. The summed E-state index contributed by atoms with van der Waals surface area (Å²) < 4.78 is 5.46. The van der Waals surface area contributed by atoms with Crippen molar-refractivity contribution in [2.75, 3.05) is 6.61 Å². The largest absolute Gasteiger partial charge is 0.491 e. The second-order valence-electron chi connectivity index (χ2n) is 3.92. The van der Waals surface area contributed by atoms with Gasteiger partial charge in [0.25, 0.3) is 0 Å². The maximum atomic E-state index is 10.5. The van der Waals surface area contributed by atoms with Gasteiger partial charge in [-0.3, -0.25) is 4.79 Å². The zero-order valence-electron chi connectivity index (χ0n) is 9.82. The molecule has 0 saturated carbocycles. The minimum absolute atomic E-state index is 0.185. The molecule has 0 aliphatic carbocycles. The Morgan fingerprint density at radius 3 is 2.33 bits per heavy atom. The molecule has 0 bridgehead atoms. The van der Waals surface area contributed by atoms with Gasteiger partial charge in [0.1, 0.15) is 24.7 Å². The van der Waals surface area contributed by atoms with Crippen LogP contribution in [0.5, 0.6) is 5.75 Å². The van der Waals surface area contributed by atoms with Gasteiger partial charge in [-0.05, 0) is 29.8 Å². The quantitative estimate of drug-likeness (QED) is 0.820. The molecule has 92 valence electrons. The first-order valence-corrected chi connectivity index (χ1v) is 5.70. The van der Waals surface area contributed by atoms with Crippen molar-refractivity contribution >= 4 is 6.29 Å². The molecule has 2 aromatic carbocycles. The zero-order valence-corrected chi connectivity index (χ0v) is 9.82. The Bertz CT molecular complexity index is 491. The summed E-state index contributed by atoms with van der Waals surface area (Å²) in [5, 5.41) is 9.90. The number of rotatable bonds is 5. The van der Waals surface area contributed by atoms with Crippen LogP contribution >= 0.6 is 0 Å². The van der Waals surface area contributed by atoms with Gasteiger partial charge in [0.05, 0.1) is 0 Å². The monoisotopic (exact) mass is 242 g/mol. The normalized spacial score (nSPS) is 11.8. The number of benzene rings is 2. The highest BCUT2D eigenvalue weighted by Crippen LogP contribution is 2.16. The lowest BCUT2D eigenvalue weighted by Crippen LogP contribution is -2.09. The summed E-state index contributed by atoms with van der Waals surface area (Å²) in [6, 6.07) is 16.1. The van der Waals surface area contributed by atoms with Crippen LogP contribution < -0.4 is 4.74 Å². The summed E-state index contributed by atoms with van der Waals surface area (Å²) in [6.07, 6.45) is 0.125. The molecule has 0 fully saturated rings. The van der Waals surface area contributed by atoms with E-state index < -0.39 is 6.10 Å². The minimum atomic E-state index is -0.656. The van der Waals surface area contributed by atoms with E-state index >= 15 is 0 Å². The van der Waals surface area contributed by atoms with E-state index in [0.29, 0.717) is 11.3 Å². The minimum Gasteiger partial charge on any atom is -0.491 e. The van der Waals surface area contributed by atoms with Crippen molar-refractivity contribution in [3.63, 3.8) is 0 Å². The molecule has 2 rings (SSSR count). The van der Waals surface area contributed by atoms with E-state index in [4.69, 9.17) is 4.74 Å². The number of hydrogen-bond acceptors (Lipinski definition) is 3. The highest BCUT2D eigenvalue weighted by molar-refractivity contribution is 5.74. The lowest BCUT2D eigenvalue weighted by molar-refractivity contribution is 0.108. The lowest BCUT2D eigenvalue weighted by Gasteiger charge is -2.12. The van der Waals surface area contributed by atoms with Crippen LogP contribution in [0.3, 0.4) is 0 Å². The third-order valence-corrected chi connectivity index (χ3v) is 2.61. The van der Waals surface area contributed by atoms with Gasteiger partial charge < -0.3 is 9.84 Å². The smallest absolute Gasteiger partial charge is 0.150 e. The van der Waals surface area contributed by atoms with E-state index in [1.54, 1.807) is 24.3 Å². The van der Waals surface area contributed by atoms with Crippen molar-refractivity contribution in [3.8, 4) is 5.75 Å². The molecule has 0 spiro atoms. The van der Waals surface area contributed by atoms with Crippen molar-refractivity contribution in [1.29, 1.82) is 0 Å². The number of carbonyl (C=O) groups is 1. The average Bonchev–Trinajstić information content (AvgIpc) is 2.46. The summed E-state index contributed by atoms with van der Waals surface area (Å²) in [7, 11) is 0. The van der Waals surface area contributed by atoms with E-state index in [0.717, 1.165) is 11.8 Å². The standard InChI is InChI=1S/C15H14O3/c16-10-12-6-8-14(9-7-12)18-11-15(17)13-4-2-1-3-5-13/h1-10,15,17H,11H2. The Kier molecular flexibility index (Phi) is 4.10. The van der Waals surface area contributed by atoms with Crippen LogP contribution in [0.25, 0.3) is 0 Å². The molecule has 0 aliphatic rings. The van der Waals surface area contributed by atoms with Crippen molar-refractivity contribution < 1.29 is 14.6 Å². The molecule has 3 heteroatoms. The van der Waals surface area contributed by atoms with Gasteiger partial charge in [0.2, 0.25) is 0 Å². The Labute approximate surface area is 106 Å². The maximum Gasteiger partial charge on any atom is 0.150 e. The van der Waals surface area contributed by atoms with Crippen molar-refractivity contribution in [1.82, 2.24) is 0 Å². The first-order chi connectivity index (χ1) is 8.79. The van der Waals surface area contributed by atoms with Crippen molar-refractivity contribution in [2.24, 2.45) is 0 Å². The van der Waals surface area contributed by atoms with Crippen LogP contribution in [0, 0.1) is 0 Å². The highest BCUT2D eigenvalue weighted by atomic mass is 16.5. The fraction of sp³-hybridized carbons (Fsp3) is 0.133. The summed E-state index contributed by atoms with van der Waals surface area (Å²) in [4.78, 5) is 10.5. The zero-order chi connectivity index (χ0) is 12.8. The van der Waals surface area contributed by atoms with Crippen molar-refractivity contribution in [2.45, 2.75) is 6.10 Å². The molecule has 0 aromatic heterocycles. The van der Waals surface area contributed by atoms with Gasteiger partial charge in [-0.15, -0.1) is 0 Å². The Morgan fingerprint density at radius 2 is 1.72 bits per heavy atom. The van der Waals surface area contributed by atoms with Crippen LogP contribution in [0.15, 0.2) is 54.6 Å². The molecule has 1 atom stereocenters. The van der Waals surface area contributed by atoms with E-state index in [9.17, 15) is 9.90 Å². The number of aldehydes is 1. The van der Waals surface area contributed by atoms with E-state index in [1.165, 1.54) is 0 Å². The number of aliphatic hydroxyl groups excluding tert-OH is 1. The van der Waals surface area contributed by atoms with E-state index in [-0.39, 0.29) is 6.61 Å². The second-order valence-corrected chi connectivity index (χ2v) is 3.92. The Balaban J connectivity index is 1.93. The first-order valence-electron chi connectivity index (χ1n) is 5.70. The number of hydrogen-bond donors (Lipinski definition) is 1. The van der Waals surface area contributed by atoms with Gasteiger partial charge in [0, 0.05) is 5.56 Å². The Morgan fingerprint density at radius 1 is 1.06 bits per heavy atom. The Hall–Kier alpha value is -2.13. The summed E-state index contributed by atoms with van der Waals surface area (Å²) in [5.74, 6) is 0.635. The molecule has 1 unspecified atom stereocenters.